The first-order valence-electron chi connectivity index (χ1n) is 3.61. The predicted octanol–water partition coefficient (Wildman–Crippen LogP) is -0.607. The van der Waals surface area contributed by atoms with Crippen molar-refractivity contribution in [2.24, 2.45) is 5.92 Å². The van der Waals surface area contributed by atoms with Gasteiger partial charge in [0, 0.05) is 6.04 Å². The molecule has 2 aliphatic rings. The summed E-state index contributed by atoms with van der Waals surface area (Å²) in [6, 6.07) is 0.282. The zero-order valence-corrected chi connectivity index (χ0v) is 6.52. The van der Waals surface area contributed by atoms with E-state index < -0.39 is 9.84 Å². The van der Waals surface area contributed by atoms with Crippen molar-refractivity contribution in [3.8, 4) is 0 Å². The number of rotatable bonds is 0. The second-order valence-corrected chi connectivity index (χ2v) is 5.34. The summed E-state index contributed by atoms with van der Waals surface area (Å²) in [7, 11) is -2.67. The molecule has 0 bridgehead atoms. The van der Waals surface area contributed by atoms with Gasteiger partial charge in [0.05, 0.1) is 11.5 Å². The number of hydrogen-bond acceptors (Lipinski definition) is 3. The summed E-state index contributed by atoms with van der Waals surface area (Å²) in [6.07, 6.45) is 1.05. The standard InChI is InChI=1S/C6H11NO2S/c8-10(9)3-5-1-2-7-6(5)4-10/h5-7H,1-4H2/t5-,6+/m0/s1. The van der Waals surface area contributed by atoms with Gasteiger partial charge in [-0.1, -0.05) is 0 Å². The fourth-order valence-corrected chi connectivity index (χ4v) is 4.01. The Morgan fingerprint density at radius 3 is 2.80 bits per heavy atom. The summed E-state index contributed by atoms with van der Waals surface area (Å²) in [5.41, 5.74) is 0. The fourth-order valence-electron chi connectivity index (χ4n) is 1.88. The minimum absolute atomic E-state index is 0.282. The van der Waals surface area contributed by atoms with E-state index in [0.717, 1.165) is 13.0 Å². The van der Waals surface area contributed by atoms with E-state index in [-0.39, 0.29) is 6.04 Å². The molecule has 2 rings (SSSR count). The Morgan fingerprint density at radius 2 is 2.10 bits per heavy atom. The van der Waals surface area contributed by atoms with Crippen LogP contribution in [0.2, 0.25) is 0 Å². The van der Waals surface area contributed by atoms with Gasteiger partial charge in [-0.15, -0.1) is 0 Å². The van der Waals surface area contributed by atoms with Crippen LogP contribution >= 0.6 is 0 Å². The van der Waals surface area contributed by atoms with E-state index in [2.05, 4.69) is 5.32 Å². The summed E-state index contributed by atoms with van der Waals surface area (Å²) in [4.78, 5) is 0. The maximum absolute atomic E-state index is 11.0. The van der Waals surface area contributed by atoms with Crippen molar-refractivity contribution in [2.75, 3.05) is 18.1 Å². The zero-order chi connectivity index (χ0) is 7.19. The molecule has 0 saturated carbocycles. The van der Waals surface area contributed by atoms with E-state index in [9.17, 15) is 8.42 Å². The minimum atomic E-state index is -2.67. The molecule has 0 aliphatic carbocycles. The molecule has 4 heteroatoms. The molecule has 0 unspecified atom stereocenters. The van der Waals surface area contributed by atoms with Crippen molar-refractivity contribution in [2.45, 2.75) is 12.5 Å². The summed E-state index contributed by atoms with van der Waals surface area (Å²) >= 11 is 0. The van der Waals surface area contributed by atoms with Crippen LogP contribution in [0.5, 0.6) is 0 Å². The lowest BCUT2D eigenvalue weighted by Crippen LogP contribution is -2.26. The van der Waals surface area contributed by atoms with Gasteiger partial charge in [0.1, 0.15) is 0 Å². The number of nitrogens with one attached hydrogen (secondary N) is 1. The second-order valence-electron chi connectivity index (χ2n) is 3.19. The van der Waals surface area contributed by atoms with Crippen LogP contribution in [0.3, 0.4) is 0 Å². The largest absolute Gasteiger partial charge is 0.313 e. The molecule has 2 atom stereocenters. The van der Waals surface area contributed by atoms with Gasteiger partial charge in [0.2, 0.25) is 0 Å². The number of fused-ring (bicyclic) bond motifs is 1. The molecule has 2 saturated heterocycles. The number of sulfone groups is 1. The van der Waals surface area contributed by atoms with Crippen molar-refractivity contribution in [3.63, 3.8) is 0 Å². The molecule has 0 radical (unpaired) electrons. The number of hydrogen-bond donors (Lipinski definition) is 1. The van der Waals surface area contributed by atoms with Crippen molar-refractivity contribution in [1.29, 1.82) is 0 Å². The molecule has 2 fully saturated rings. The Bertz CT molecular complexity index is 216. The normalized spacial score (nSPS) is 43.6. The lowest BCUT2D eigenvalue weighted by atomic mass is 10.1. The molecule has 2 aliphatic heterocycles. The molecule has 0 aromatic heterocycles. The third-order valence-corrected chi connectivity index (χ3v) is 4.20. The van der Waals surface area contributed by atoms with E-state index >= 15 is 0 Å². The quantitative estimate of drug-likeness (QED) is 0.515. The molecule has 0 amide bonds. The second kappa shape index (κ2) is 1.95. The van der Waals surface area contributed by atoms with Crippen LogP contribution in [0.4, 0.5) is 0 Å². The van der Waals surface area contributed by atoms with Crippen molar-refractivity contribution in [1.82, 2.24) is 5.32 Å². The fraction of sp³-hybridized carbons (Fsp3) is 1.00. The molecule has 58 valence electrons. The third kappa shape index (κ3) is 0.953. The van der Waals surface area contributed by atoms with Crippen LogP contribution < -0.4 is 5.32 Å². The van der Waals surface area contributed by atoms with Crippen molar-refractivity contribution in [3.05, 3.63) is 0 Å². The predicted molar refractivity (Wildman–Crippen MR) is 38.6 cm³/mol. The van der Waals surface area contributed by atoms with Crippen molar-refractivity contribution >= 4 is 9.84 Å². The molecular weight excluding hydrogens is 150 g/mol. The van der Waals surface area contributed by atoms with E-state index in [0.29, 0.717) is 17.4 Å². The van der Waals surface area contributed by atoms with Gasteiger partial charge < -0.3 is 5.32 Å². The molecule has 0 aromatic rings. The minimum Gasteiger partial charge on any atom is -0.313 e. The zero-order valence-electron chi connectivity index (χ0n) is 5.71. The van der Waals surface area contributed by atoms with Gasteiger partial charge in [0.25, 0.3) is 0 Å². The third-order valence-electron chi connectivity index (χ3n) is 2.39. The Hall–Kier alpha value is -0.0900. The van der Waals surface area contributed by atoms with Gasteiger partial charge in [-0.05, 0) is 18.9 Å². The van der Waals surface area contributed by atoms with Gasteiger partial charge in [-0.2, -0.15) is 0 Å². The summed E-state index contributed by atoms with van der Waals surface area (Å²) in [5.74, 6) is 1.22. The highest BCUT2D eigenvalue weighted by atomic mass is 32.2. The van der Waals surface area contributed by atoms with E-state index in [1.807, 2.05) is 0 Å². The maximum atomic E-state index is 11.0. The Morgan fingerprint density at radius 1 is 1.30 bits per heavy atom. The topological polar surface area (TPSA) is 46.2 Å². The van der Waals surface area contributed by atoms with E-state index in [1.165, 1.54) is 0 Å². The van der Waals surface area contributed by atoms with Crippen molar-refractivity contribution < 1.29 is 8.42 Å². The first-order valence-corrected chi connectivity index (χ1v) is 5.43. The lowest BCUT2D eigenvalue weighted by Gasteiger charge is -2.02. The Labute approximate surface area is 60.7 Å². The van der Waals surface area contributed by atoms with Crippen LogP contribution in [0.1, 0.15) is 6.42 Å². The average molecular weight is 161 g/mol. The SMILES string of the molecule is O=S1(=O)C[C@@H]2CCN[C@@H]2C1. The first kappa shape index (κ1) is 6.61. The van der Waals surface area contributed by atoms with Gasteiger partial charge in [-0.25, -0.2) is 8.42 Å². The average Bonchev–Trinajstić information content (AvgIpc) is 2.20. The summed E-state index contributed by atoms with van der Waals surface area (Å²) in [5, 5.41) is 3.19. The van der Waals surface area contributed by atoms with Gasteiger partial charge in [0.15, 0.2) is 9.84 Å². The Kier molecular flexibility index (Phi) is 1.29. The molecule has 1 N–H and O–H groups in total. The van der Waals surface area contributed by atoms with Gasteiger partial charge in [-0.3, -0.25) is 0 Å². The van der Waals surface area contributed by atoms with E-state index in [1.54, 1.807) is 0 Å². The van der Waals surface area contributed by atoms with Crippen LogP contribution in [0.15, 0.2) is 0 Å². The Balaban J connectivity index is 2.21. The monoisotopic (exact) mass is 161 g/mol. The van der Waals surface area contributed by atoms with E-state index in [4.69, 9.17) is 0 Å². The lowest BCUT2D eigenvalue weighted by molar-refractivity contribution is 0.556. The van der Waals surface area contributed by atoms with Gasteiger partial charge >= 0.3 is 0 Å². The van der Waals surface area contributed by atoms with Crippen LogP contribution in [0.25, 0.3) is 0 Å². The molecular formula is C6H11NO2S. The molecule has 0 aromatic carbocycles. The molecule has 3 nitrogen and oxygen atoms in total. The summed E-state index contributed by atoms with van der Waals surface area (Å²) < 4.78 is 22.0. The van der Waals surface area contributed by atoms with Crippen LogP contribution in [-0.4, -0.2) is 32.5 Å². The first-order chi connectivity index (χ1) is 4.67. The highest BCUT2D eigenvalue weighted by molar-refractivity contribution is 7.91. The van der Waals surface area contributed by atoms with Crippen LogP contribution in [-0.2, 0) is 9.84 Å². The smallest absolute Gasteiger partial charge is 0.152 e. The summed E-state index contributed by atoms with van der Waals surface area (Å²) in [6.45, 7) is 1.00. The highest BCUT2D eigenvalue weighted by Gasteiger charge is 2.39. The molecule has 2 heterocycles. The maximum Gasteiger partial charge on any atom is 0.152 e. The molecule has 0 spiro atoms. The highest BCUT2D eigenvalue weighted by Crippen LogP contribution is 2.25. The molecule has 10 heavy (non-hydrogen) atoms. The van der Waals surface area contributed by atoms with Crippen LogP contribution in [0, 0.1) is 5.92 Å².